The largest absolute Gasteiger partial charge is 0.107 e. The third kappa shape index (κ3) is 2.31. The lowest BCUT2D eigenvalue weighted by Crippen LogP contribution is -2.18. The minimum Gasteiger partial charge on any atom is -0.107 e. The van der Waals surface area contributed by atoms with Gasteiger partial charge in [0, 0.05) is 0 Å². The van der Waals surface area contributed by atoms with E-state index < -0.39 is 8.80 Å². The van der Waals surface area contributed by atoms with Gasteiger partial charge in [0.2, 0.25) is 0 Å². The van der Waals surface area contributed by atoms with Gasteiger partial charge in [0.05, 0.1) is 8.80 Å². The number of hydrogen-bond acceptors (Lipinski definition) is 0. The first-order chi connectivity index (χ1) is 3.48. The molecule has 0 rings (SSSR count). The first kappa shape index (κ1) is 7.96. The first-order valence-electron chi connectivity index (χ1n) is 3.11. The molecule has 0 fully saturated rings. The van der Waals surface area contributed by atoms with E-state index in [4.69, 9.17) is 0 Å². The molecule has 48 valence electrons. The van der Waals surface area contributed by atoms with Crippen LogP contribution in [0, 0.1) is 0 Å². The van der Waals surface area contributed by atoms with Crippen molar-refractivity contribution in [1.29, 1.82) is 0 Å². The van der Waals surface area contributed by atoms with Crippen molar-refractivity contribution in [3.8, 4) is 0 Å². The van der Waals surface area contributed by atoms with Crippen molar-refractivity contribution in [2.24, 2.45) is 0 Å². The van der Waals surface area contributed by atoms with Crippen LogP contribution >= 0.6 is 0 Å². The Balaban J connectivity index is 3.80. The molecule has 0 saturated heterocycles. The Morgan fingerprint density at radius 2 is 1.75 bits per heavy atom. The minimum absolute atomic E-state index is 0.530. The maximum atomic E-state index is 3.79. The molecule has 0 aromatic rings. The molecule has 8 heavy (non-hydrogen) atoms. The monoisotopic (exact) mass is 128 g/mol. The highest BCUT2D eigenvalue weighted by Crippen LogP contribution is 2.26. The summed E-state index contributed by atoms with van der Waals surface area (Å²) in [6.45, 7) is 13.0. The molecule has 0 heterocycles. The highest BCUT2D eigenvalue weighted by atomic mass is 28.3. The van der Waals surface area contributed by atoms with Crippen LogP contribution in [0.4, 0.5) is 0 Å². The molecule has 0 aromatic heterocycles. The van der Waals surface area contributed by atoms with E-state index in [0.29, 0.717) is 5.04 Å². The average molecular weight is 128 g/mol. The fraction of sp³-hybridized carbons (Fsp3) is 0.714. The zero-order chi connectivity index (χ0) is 6.78. The Labute approximate surface area is 54.2 Å². The maximum Gasteiger partial charge on any atom is 0.0629 e. The lowest BCUT2D eigenvalue weighted by molar-refractivity contribution is 0.745. The lowest BCUT2D eigenvalue weighted by Gasteiger charge is -2.21. The van der Waals surface area contributed by atoms with E-state index in [1.807, 2.05) is 0 Å². The van der Waals surface area contributed by atoms with Crippen molar-refractivity contribution in [2.45, 2.75) is 32.4 Å². The predicted molar refractivity (Wildman–Crippen MR) is 42.9 cm³/mol. The predicted octanol–water partition coefficient (Wildman–Crippen LogP) is 2.37. The van der Waals surface area contributed by atoms with Gasteiger partial charge in [0.15, 0.2) is 0 Å². The zero-order valence-corrected chi connectivity index (χ0v) is 7.52. The summed E-state index contributed by atoms with van der Waals surface area (Å²) in [4.78, 5) is 0. The van der Waals surface area contributed by atoms with E-state index in [1.54, 1.807) is 0 Å². The van der Waals surface area contributed by atoms with Gasteiger partial charge in [-0.25, -0.2) is 0 Å². The van der Waals surface area contributed by atoms with Crippen molar-refractivity contribution >= 4 is 8.80 Å². The van der Waals surface area contributed by atoms with Gasteiger partial charge in [0.25, 0.3) is 0 Å². The second-order valence-electron chi connectivity index (χ2n) is 3.39. The molecule has 0 amide bonds. The topological polar surface area (TPSA) is 0 Å². The smallest absolute Gasteiger partial charge is 0.0629 e. The van der Waals surface area contributed by atoms with Crippen molar-refractivity contribution in [1.82, 2.24) is 0 Å². The summed E-state index contributed by atoms with van der Waals surface area (Å²) in [5.74, 6) is 0. The molecular weight excluding hydrogens is 112 g/mol. The van der Waals surface area contributed by atoms with E-state index >= 15 is 0 Å². The molecular formula is C7H16Si. The van der Waals surface area contributed by atoms with Crippen LogP contribution in [-0.2, 0) is 0 Å². The van der Waals surface area contributed by atoms with Crippen LogP contribution < -0.4 is 0 Å². The molecule has 0 nitrogen and oxygen atoms in total. The maximum absolute atomic E-state index is 3.79. The molecule has 0 aliphatic rings. The Bertz CT molecular complexity index is 78.9. The molecule has 0 spiro atoms. The van der Waals surface area contributed by atoms with Gasteiger partial charge in [-0.15, -0.1) is 12.3 Å². The van der Waals surface area contributed by atoms with Gasteiger partial charge in [-0.1, -0.05) is 27.3 Å². The van der Waals surface area contributed by atoms with Crippen molar-refractivity contribution < 1.29 is 0 Å². The van der Waals surface area contributed by atoms with Gasteiger partial charge in [0.1, 0.15) is 0 Å². The third-order valence-electron chi connectivity index (χ3n) is 1.72. The summed E-state index contributed by atoms with van der Waals surface area (Å²) in [5, 5.41) is 0.530. The van der Waals surface area contributed by atoms with Crippen molar-refractivity contribution in [3.63, 3.8) is 0 Å². The fourth-order valence-electron chi connectivity index (χ4n) is 0.354. The molecule has 1 atom stereocenters. The fourth-order valence-corrected chi connectivity index (χ4v) is 1.06. The highest BCUT2D eigenvalue weighted by molar-refractivity contribution is 6.65. The molecule has 1 unspecified atom stereocenters. The van der Waals surface area contributed by atoms with Gasteiger partial charge >= 0.3 is 0 Å². The van der Waals surface area contributed by atoms with E-state index in [0.717, 1.165) is 0 Å². The van der Waals surface area contributed by atoms with Gasteiger partial charge in [-0.2, -0.15) is 0 Å². The summed E-state index contributed by atoms with van der Waals surface area (Å²) in [7, 11) is -0.606. The van der Waals surface area contributed by atoms with Gasteiger partial charge in [-0.05, 0) is 5.04 Å². The highest BCUT2D eigenvalue weighted by Gasteiger charge is 2.17. The Kier molecular flexibility index (Phi) is 2.48. The summed E-state index contributed by atoms with van der Waals surface area (Å²) in [5.41, 5.74) is 2.14. The van der Waals surface area contributed by atoms with Crippen LogP contribution in [0.3, 0.4) is 0 Å². The Morgan fingerprint density at radius 1 is 1.38 bits per heavy atom. The van der Waals surface area contributed by atoms with Gasteiger partial charge < -0.3 is 0 Å². The third-order valence-corrected chi connectivity index (χ3v) is 5.16. The summed E-state index contributed by atoms with van der Waals surface area (Å²) < 4.78 is 0. The second-order valence-corrected chi connectivity index (χ2v) is 7.17. The second kappa shape index (κ2) is 2.49. The summed E-state index contributed by atoms with van der Waals surface area (Å²) >= 11 is 0. The molecule has 1 heteroatoms. The van der Waals surface area contributed by atoms with Crippen LogP contribution in [0.1, 0.15) is 20.8 Å². The Hall–Kier alpha value is -0.0431. The molecule has 0 aromatic carbocycles. The van der Waals surface area contributed by atoms with Crippen LogP contribution in [0.15, 0.2) is 12.3 Å². The van der Waals surface area contributed by atoms with Crippen molar-refractivity contribution in [2.75, 3.05) is 0 Å². The van der Waals surface area contributed by atoms with Crippen molar-refractivity contribution in [3.05, 3.63) is 12.3 Å². The SMILES string of the molecule is C=C[SiH](C)C(C)(C)C. The molecule has 0 N–H and O–H groups in total. The molecule has 0 aliphatic heterocycles. The van der Waals surface area contributed by atoms with E-state index in [-0.39, 0.29) is 0 Å². The molecule has 0 radical (unpaired) electrons. The quantitative estimate of drug-likeness (QED) is 0.476. The Morgan fingerprint density at radius 3 is 1.75 bits per heavy atom. The molecule has 0 saturated carbocycles. The van der Waals surface area contributed by atoms with Crippen LogP contribution in [0.5, 0.6) is 0 Å². The van der Waals surface area contributed by atoms with Crippen LogP contribution in [-0.4, -0.2) is 8.80 Å². The van der Waals surface area contributed by atoms with Gasteiger partial charge in [-0.3, -0.25) is 0 Å². The summed E-state index contributed by atoms with van der Waals surface area (Å²) in [6.07, 6.45) is 0. The first-order valence-corrected chi connectivity index (χ1v) is 5.51. The van der Waals surface area contributed by atoms with Crippen LogP contribution in [0.25, 0.3) is 0 Å². The molecule has 0 bridgehead atoms. The van der Waals surface area contributed by atoms with E-state index in [9.17, 15) is 0 Å². The minimum atomic E-state index is -0.606. The van der Waals surface area contributed by atoms with E-state index in [2.05, 4.69) is 39.6 Å². The zero-order valence-electron chi connectivity index (χ0n) is 6.36. The lowest BCUT2D eigenvalue weighted by atomic mass is 10.2. The number of hydrogen-bond donors (Lipinski definition) is 0. The number of rotatable bonds is 1. The van der Waals surface area contributed by atoms with Crippen LogP contribution in [0.2, 0.25) is 11.6 Å². The standard InChI is InChI=1S/C7H16Si/c1-6-8(5)7(2,3)4/h6,8H,1H2,2-5H3. The normalized spacial score (nSPS) is 15.5. The summed E-state index contributed by atoms with van der Waals surface area (Å²) in [6, 6.07) is 0. The van der Waals surface area contributed by atoms with E-state index in [1.165, 1.54) is 0 Å². The molecule has 0 aliphatic carbocycles. The average Bonchev–Trinajstić information content (AvgIpc) is 1.62.